The summed E-state index contributed by atoms with van der Waals surface area (Å²) < 4.78 is 37.9. The van der Waals surface area contributed by atoms with Crippen LogP contribution in [0.2, 0.25) is 0 Å². The van der Waals surface area contributed by atoms with E-state index in [2.05, 4.69) is 4.72 Å². The fraction of sp³-hybridized carbons (Fsp3) is 0.316. The van der Waals surface area contributed by atoms with Crippen molar-refractivity contribution in [2.75, 3.05) is 7.11 Å². The molecule has 1 N–H and O–H groups in total. The Morgan fingerprint density at radius 1 is 1.04 bits per heavy atom. The zero-order chi connectivity index (χ0) is 19.2. The second kappa shape index (κ2) is 8.82. The highest BCUT2D eigenvalue weighted by Crippen LogP contribution is 2.17. The topological polar surface area (TPSA) is 81.7 Å². The lowest BCUT2D eigenvalue weighted by molar-refractivity contribution is -0.148. The van der Waals surface area contributed by atoms with Gasteiger partial charge < -0.3 is 9.47 Å². The largest absolute Gasteiger partial charge is 0.497 e. The molecule has 0 aliphatic carbocycles. The summed E-state index contributed by atoms with van der Waals surface area (Å²) in [6, 6.07) is 14.2. The molecule has 0 aliphatic rings. The van der Waals surface area contributed by atoms with Crippen LogP contribution in [0.25, 0.3) is 0 Å². The number of nitrogens with one attached hydrogen (secondary N) is 1. The molecular weight excluding hydrogens is 354 g/mol. The van der Waals surface area contributed by atoms with Crippen molar-refractivity contribution >= 4 is 16.0 Å². The number of benzene rings is 2. The maximum atomic E-state index is 12.6. The van der Waals surface area contributed by atoms with Gasteiger partial charge in [-0.2, -0.15) is 4.72 Å². The van der Waals surface area contributed by atoms with Crippen LogP contribution in [-0.4, -0.2) is 27.5 Å². The van der Waals surface area contributed by atoms with Crippen LogP contribution in [0, 0.1) is 5.92 Å². The lowest BCUT2D eigenvalue weighted by Gasteiger charge is -2.21. The van der Waals surface area contributed by atoms with Crippen LogP contribution < -0.4 is 9.46 Å². The van der Waals surface area contributed by atoms with Crippen molar-refractivity contribution in [2.45, 2.75) is 31.4 Å². The van der Waals surface area contributed by atoms with Gasteiger partial charge in [-0.1, -0.05) is 44.2 Å². The second-order valence-electron chi connectivity index (χ2n) is 6.11. The highest BCUT2D eigenvalue weighted by Gasteiger charge is 2.29. The lowest BCUT2D eigenvalue weighted by atomic mass is 10.1. The molecule has 7 heteroatoms. The van der Waals surface area contributed by atoms with Gasteiger partial charge in [0.2, 0.25) is 10.0 Å². The van der Waals surface area contributed by atoms with E-state index in [9.17, 15) is 13.2 Å². The van der Waals surface area contributed by atoms with Crippen LogP contribution in [0.4, 0.5) is 0 Å². The van der Waals surface area contributed by atoms with Gasteiger partial charge in [0.15, 0.2) is 0 Å². The third-order valence-corrected chi connectivity index (χ3v) is 5.25. The van der Waals surface area contributed by atoms with E-state index in [1.165, 1.54) is 19.2 Å². The Kier molecular flexibility index (Phi) is 6.76. The third kappa shape index (κ3) is 5.31. The van der Waals surface area contributed by atoms with Crippen LogP contribution >= 0.6 is 0 Å². The molecule has 2 rings (SSSR count). The summed E-state index contributed by atoms with van der Waals surface area (Å²) in [4.78, 5) is 12.5. The van der Waals surface area contributed by atoms with E-state index >= 15 is 0 Å². The lowest BCUT2D eigenvalue weighted by Crippen LogP contribution is -2.45. The zero-order valence-electron chi connectivity index (χ0n) is 15.0. The molecule has 0 bridgehead atoms. The molecule has 1 atom stereocenters. The molecule has 0 spiro atoms. The monoisotopic (exact) mass is 377 g/mol. The Labute approximate surface area is 154 Å². The fourth-order valence-electron chi connectivity index (χ4n) is 2.26. The minimum atomic E-state index is -3.86. The van der Waals surface area contributed by atoms with Crippen molar-refractivity contribution in [3.63, 3.8) is 0 Å². The average Bonchev–Trinajstić information content (AvgIpc) is 2.65. The molecule has 0 saturated carbocycles. The molecule has 0 aromatic heterocycles. The first-order valence-corrected chi connectivity index (χ1v) is 9.69. The Balaban J connectivity index is 2.09. The summed E-state index contributed by atoms with van der Waals surface area (Å²) in [6.07, 6.45) is 0. The Bertz CT molecular complexity index is 817. The van der Waals surface area contributed by atoms with Gasteiger partial charge in [-0.15, -0.1) is 0 Å². The van der Waals surface area contributed by atoms with Crippen molar-refractivity contribution in [1.29, 1.82) is 0 Å². The summed E-state index contributed by atoms with van der Waals surface area (Å²) in [5.74, 6) is -0.334. The molecule has 0 heterocycles. The minimum Gasteiger partial charge on any atom is -0.497 e. The van der Waals surface area contributed by atoms with Crippen molar-refractivity contribution < 1.29 is 22.7 Å². The van der Waals surface area contributed by atoms with E-state index in [0.717, 1.165) is 5.56 Å². The molecule has 0 amide bonds. The van der Waals surface area contributed by atoms with Crippen molar-refractivity contribution in [3.05, 3.63) is 60.2 Å². The fourth-order valence-corrected chi connectivity index (χ4v) is 3.60. The number of rotatable bonds is 8. The molecule has 2 aromatic rings. The summed E-state index contributed by atoms with van der Waals surface area (Å²) >= 11 is 0. The number of methoxy groups -OCH3 is 1. The van der Waals surface area contributed by atoms with Crippen LogP contribution in [0.1, 0.15) is 19.4 Å². The summed E-state index contributed by atoms with van der Waals surface area (Å²) in [7, 11) is -2.36. The molecule has 0 saturated heterocycles. The van der Waals surface area contributed by atoms with E-state index in [4.69, 9.17) is 9.47 Å². The first kappa shape index (κ1) is 19.9. The number of carbonyl (C=O) groups excluding carboxylic acids is 1. The normalized spacial score (nSPS) is 12.6. The maximum Gasteiger partial charge on any atom is 0.324 e. The van der Waals surface area contributed by atoms with Crippen molar-refractivity contribution in [1.82, 2.24) is 4.72 Å². The van der Waals surface area contributed by atoms with Crippen LogP contribution in [0.15, 0.2) is 59.5 Å². The molecule has 140 valence electrons. The molecule has 6 nitrogen and oxygen atoms in total. The number of hydrogen-bond donors (Lipinski definition) is 1. The van der Waals surface area contributed by atoms with Gasteiger partial charge in [-0.05, 0) is 35.7 Å². The molecular formula is C19H23NO5S. The maximum absolute atomic E-state index is 12.6. The first-order valence-electron chi connectivity index (χ1n) is 8.20. The van der Waals surface area contributed by atoms with Gasteiger partial charge in [-0.3, -0.25) is 4.79 Å². The van der Waals surface area contributed by atoms with E-state index in [0.29, 0.717) is 5.75 Å². The molecule has 0 fully saturated rings. The quantitative estimate of drug-likeness (QED) is 0.716. The van der Waals surface area contributed by atoms with Gasteiger partial charge in [-0.25, -0.2) is 8.42 Å². The van der Waals surface area contributed by atoms with Gasteiger partial charge in [0, 0.05) is 0 Å². The highest BCUT2D eigenvalue weighted by molar-refractivity contribution is 7.89. The summed E-state index contributed by atoms with van der Waals surface area (Å²) in [5, 5.41) is 0. The Morgan fingerprint density at radius 3 is 2.19 bits per heavy atom. The number of sulfonamides is 1. The second-order valence-corrected chi connectivity index (χ2v) is 7.83. The number of hydrogen-bond acceptors (Lipinski definition) is 5. The molecule has 2 aromatic carbocycles. The SMILES string of the molecule is COc1ccc(S(=O)(=O)N[C@@H](C(=O)OCc2ccccc2)C(C)C)cc1. The van der Waals surface area contributed by atoms with Crippen LogP contribution in [0.5, 0.6) is 5.75 Å². The standard InChI is InChI=1S/C19H23NO5S/c1-14(2)18(19(21)25-13-15-7-5-4-6-8-15)20-26(22,23)17-11-9-16(24-3)10-12-17/h4-12,14,18,20H,13H2,1-3H3/t18-/m1/s1. The predicted octanol–water partition coefficient (Wildman–Crippen LogP) is 2.74. The van der Waals surface area contributed by atoms with Gasteiger partial charge in [0.05, 0.1) is 12.0 Å². The summed E-state index contributed by atoms with van der Waals surface area (Å²) in [6.45, 7) is 3.60. The van der Waals surface area contributed by atoms with E-state index < -0.39 is 22.0 Å². The van der Waals surface area contributed by atoms with E-state index in [-0.39, 0.29) is 17.4 Å². The van der Waals surface area contributed by atoms with E-state index in [1.54, 1.807) is 26.0 Å². The van der Waals surface area contributed by atoms with Crippen molar-refractivity contribution in [3.8, 4) is 5.75 Å². The van der Waals surface area contributed by atoms with Crippen LogP contribution in [-0.2, 0) is 26.2 Å². The Hall–Kier alpha value is -2.38. The summed E-state index contributed by atoms with van der Waals surface area (Å²) in [5.41, 5.74) is 0.835. The first-order chi connectivity index (χ1) is 12.3. The molecule has 26 heavy (non-hydrogen) atoms. The minimum absolute atomic E-state index is 0.0554. The number of ether oxygens (including phenoxy) is 2. The molecule has 0 radical (unpaired) electrons. The molecule has 0 aliphatic heterocycles. The van der Waals surface area contributed by atoms with E-state index in [1.807, 2.05) is 30.3 Å². The average molecular weight is 377 g/mol. The van der Waals surface area contributed by atoms with Crippen molar-refractivity contribution in [2.24, 2.45) is 5.92 Å². The van der Waals surface area contributed by atoms with Gasteiger partial charge in [0.25, 0.3) is 0 Å². The Morgan fingerprint density at radius 2 is 1.65 bits per heavy atom. The third-order valence-electron chi connectivity index (χ3n) is 3.80. The molecule has 0 unspecified atom stereocenters. The van der Waals surface area contributed by atoms with Gasteiger partial charge in [0.1, 0.15) is 18.4 Å². The van der Waals surface area contributed by atoms with Crippen LogP contribution in [0.3, 0.4) is 0 Å². The number of esters is 1. The zero-order valence-corrected chi connectivity index (χ0v) is 15.8. The highest BCUT2D eigenvalue weighted by atomic mass is 32.2. The van der Waals surface area contributed by atoms with Gasteiger partial charge >= 0.3 is 5.97 Å². The predicted molar refractivity (Wildman–Crippen MR) is 98.2 cm³/mol. The number of carbonyl (C=O) groups is 1. The smallest absolute Gasteiger partial charge is 0.324 e.